The topological polar surface area (TPSA) is 163 Å². The molecule has 1 unspecified atom stereocenters. The number of likely N-dealkylation sites (N-methyl/N-ethyl adjacent to an activating group) is 1. The number of aromatic nitrogens is 5. The summed E-state index contributed by atoms with van der Waals surface area (Å²) in [4.78, 5) is 70.5. The molecule has 1 spiro atoms. The molecule has 16 heteroatoms. The predicted molar refractivity (Wildman–Crippen MR) is 251 cm³/mol. The summed E-state index contributed by atoms with van der Waals surface area (Å²) < 4.78 is 10.2. The first-order chi connectivity index (χ1) is 31.9. The number of rotatable bonds is 7. The van der Waals surface area contributed by atoms with Gasteiger partial charge in [0.25, 0.3) is 11.8 Å². The Morgan fingerprint density at radius 2 is 1.70 bits per heavy atom. The molecule has 0 radical (unpaired) electrons. The van der Waals surface area contributed by atoms with E-state index in [1.54, 1.807) is 27.9 Å². The molecule has 5 aliphatic heterocycles. The summed E-state index contributed by atoms with van der Waals surface area (Å²) in [6.07, 6.45) is 8.98. The van der Waals surface area contributed by atoms with Crippen molar-refractivity contribution in [3.63, 3.8) is 0 Å². The van der Waals surface area contributed by atoms with Crippen LogP contribution >= 0.6 is 0 Å². The van der Waals surface area contributed by atoms with Crippen molar-refractivity contribution in [2.45, 2.75) is 90.9 Å². The minimum atomic E-state index is -0.617. The normalized spacial score (nSPS) is 21.7. The Kier molecular flexibility index (Phi) is 11.9. The number of ether oxygens (including phenoxy) is 1. The van der Waals surface area contributed by atoms with E-state index < -0.39 is 6.04 Å². The Bertz CT molecular complexity index is 2690. The zero-order valence-corrected chi connectivity index (χ0v) is 38.6. The van der Waals surface area contributed by atoms with Crippen LogP contribution in [-0.2, 0) is 36.3 Å². The molecule has 3 fully saturated rings. The van der Waals surface area contributed by atoms with E-state index in [-0.39, 0.29) is 30.0 Å². The van der Waals surface area contributed by atoms with Crippen molar-refractivity contribution in [2.24, 2.45) is 18.4 Å². The lowest BCUT2D eigenvalue weighted by Crippen LogP contribution is -2.52. The number of piperidine rings is 3. The van der Waals surface area contributed by atoms with Gasteiger partial charge in [0.15, 0.2) is 0 Å². The second kappa shape index (κ2) is 17.9. The minimum absolute atomic E-state index is 0.137. The number of carbonyl (C=O) groups excluding carboxylic acids is 4. The summed E-state index contributed by atoms with van der Waals surface area (Å²) in [6, 6.07) is 15.4. The zero-order valence-electron chi connectivity index (χ0n) is 38.6. The third kappa shape index (κ3) is 8.68. The highest BCUT2D eigenvalue weighted by Gasteiger charge is 2.41. The van der Waals surface area contributed by atoms with E-state index in [2.05, 4.69) is 73.2 Å². The van der Waals surface area contributed by atoms with Gasteiger partial charge in [-0.3, -0.25) is 39.7 Å². The first-order valence-corrected chi connectivity index (χ1v) is 23.8. The fourth-order valence-corrected chi connectivity index (χ4v) is 11.0. The monoisotopic (exact) mass is 895 g/mol. The Labute approximate surface area is 385 Å². The average molecular weight is 896 g/mol. The van der Waals surface area contributed by atoms with Crippen molar-refractivity contribution in [3.05, 3.63) is 82.7 Å². The quantitative estimate of drug-likeness (QED) is 0.191. The summed E-state index contributed by atoms with van der Waals surface area (Å²) in [5.74, 6) is 0.487. The molecule has 16 nitrogen and oxygen atoms in total. The molecule has 66 heavy (non-hydrogen) atoms. The summed E-state index contributed by atoms with van der Waals surface area (Å²) in [5.41, 5.74) is 8.81. The number of likely N-dealkylation sites (tertiary alicyclic amines) is 2. The molecule has 2 atom stereocenters. The number of nitrogens with zero attached hydrogens (tertiary/aromatic N) is 9. The molecule has 10 rings (SSSR count). The van der Waals surface area contributed by atoms with Gasteiger partial charge in [-0.1, -0.05) is 19.1 Å². The van der Waals surface area contributed by atoms with Crippen molar-refractivity contribution in [3.8, 4) is 17.1 Å². The van der Waals surface area contributed by atoms with E-state index in [1.807, 2.05) is 26.1 Å². The van der Waals surface area contributed by atoms with Crippen LogP contribution in [0.25, 0.3) is 22.3 Å². The molecular formula is C50H61N11O5. The molecule has 8 heterocycles. The maximum absolute atomic E-state index is 13.9. The van der Waals surface area contributed by atoms with Crippen molar-refractivity contribution >= 4 is 46.3 Å². The van der Waals surface area contributed by atoms with Gasteiger partial charge in [-0.25, -0.2) is 9.67 Å². The number of imidazole rings is 1. The third-order valence-electron chi connectivity index (χ3n) is 14.9. The SMILES string of the molecule is Cc1cc2cc(n1)-c1cnn(C)c1OCCC[C@@H](C)Cn1c(nc3ccc(CN4CCC5(CCN(CCN(C)c6cccc7c6CN(C6CCC(=O)NC6=O)C7=O)CC5)CC4)cc31)NC2=O. The molecular weight excluding hydrogens is 835 g/mol. The van der Waals surface area contributed by atoms with Gasteiger partial charge in [-0.15, -0.1) is 0 Å². The average Bonchev–Trinajstić information content (AvgIpc) is 3.96. The van der Waals surface area contributed by atoms with Gasteiger partial charge in [0, 0.05) is 81.3 Å². The van der Waals surface area contributed by atoms with E-state index in [0.717, 1.165) is 92.2 Å². The van der Waals surface area contributed by atoms with Crippen LogP contribution in [0, 0.1) is 18.3 Å². The van der Waals surface area contributed by atoms with Crippen LogP contribution in [0.1, 0.15) is 95.8 Å². The van der Waals surface area contributed by atoms with Crippen molar-refractivity contribution < 1.29 is 23.9 Å². The van der Waals surface area contributed by atoms with Crippen LogP contribution in [0.15, 0.2) is 54.7 Å². The van der Waals surface area contributed by atoms with E-state index in [9.17, 15) is 19.2 Å². The number of aryl methyl sites for hydroxylation is 2. The number of fused-ring (bicyclic) bond motifs is 8. The minimum Gasteiger partial charge on any atom is -0.477 e. The van der Waals surface area contributed by atoms with Crippen LogP contribution in [0.4, 0.5) is 11.6 Å². The van der Waals surface area contributed by atoms with Crippen molar-refractivity contribution in [1.82, 2.24) is 44.3 Å². The highest BCUT2D eigenvalue weighted by molar-refractivity contribution is 6.06. The lowest BCUT2D eigenvalue weighted by molar-refractivity contribution is -0.136. The molecule has 3 saturated heterocycles. The fourth-order valence-electron chi connectivity index (χ4n) is 11.0. The first-order valence-electron chi connectivity index (χ1n) is 23.8. The number of hydrogen-bond donors (Lipinski definition) is 2. The molecule has 5 aliphatic rings. The smallest absolute Gasteiger partial charge is 0.258 e. The molecule has 0 saturated carbocycles. The highest BCUT2D eigenvalue weighted by atomic mass is 16.5. The molecule has 3 aromatic heterocycles. The third-order valence-corrected chi connectivity index (χ3v) is 14.9. The van der Waals surface area contributed by atoms with Gasteiger partial charge >= 0.3 is 0 Å². The Hall–Kier alpha value is -6.13. The van der Waals surface area contributed by atoms with E-state index in [4.69, 9.17) is 14.7 Å². The standard InChI is InChI=1S/C50H61N11O5/c1-32-7-6-24-66-48-37(28-51-57(48)4)40-27-35(25-33(2)52-40)45(63)55-49-53-39-11-10-34(26-43(39)61(49)29-32)30-59-20-16-50(17-21-59)14-18-58(19-15-50)23-22-56(3)41-9-5-8-36-38(41)31-60(47(36)65)42-12-13-44(62)54-46(42)64/h5,8-11,25-28,32,42H,6-7,12-24,29-31H2,1-4H3,(H,53,55,63)(H,54,62,64)/t32-,42?/m1/s1. The summed E-state index contributed by atoms with van der Waals surface area (Å²) in [6.45, 7) is 12.8. The molecule has 2 aromatic carbocycles. The van der Waals surface area contributed by atoms with Gasteiger partial charge in [-0.05, 0) is 131 Å². The lowest BCUT2D eigenvalue weighted by Gasteiger charge is -2.47. The number of carbonyl (C=O) groups is 4. The van der Waals surface area contributed by atoms with E-state index in [1.165, 1.54) is 31.2 Å². The maximum Gasteiger partial charge on any atom is 0.258 e. The predicted octanol–water partition coefficient (Wildman–Crippen LogP) is 5.78. The van der Waals surface area contributed by atoms with Crippen LogP contribution in [-0.4, -0.2) is 122 Å². The van der Waals surface area contributed by atoms with Crippen LogP contribution in [0.5, 0.6) is 5.88 Å². The van der Waals surface area contributed by atoms with Gasteiger partial charge in [0.1, 0.15) is 6.04 Å². The van der Waals surface area contributed by atoms with E-state index in [0.29, 0.717) is 66.1 Å². The van der Waals surface area contributed by atoms with Crippen LogP contribution < -0.4 is 20.3 Å². The molecule has 2 N–H and O–H groups in total. The number of anilines is 2. The Morgan fingerprint density at radius 3 is 2.48 bits per heavy atom. The Balaban J connectivity index is 0.752. The molecule has 0 aliphatic carbocycles. The zero-order chi connectivity index (χ0) is 45.7. The second-order valence-electron chi connectivity index (χ2n) is 19.5. The van der Waals surface area contributed by atoms with Gasteiger partial charge in [0.2, 0.25) is 23.6 Å². The number of pyridine rings is 1. The number of hydrogen-bond acceptors (Lipinski definition) is 11. The number of amides is 4. The summed E-state index contributed by atoms with van der Waals surface area (Å²) >= 11 is 0. The Morgan fingerprint density at radius 1 is 0.909 bits per heavy atom. The van der Waals surface area contributed by atoms with Gasteiger partial charge in [-0.2, -0.15) is 5.10 Å². The second-order valence-corrected chi connectivity index (χ2v) is 19.5. The van der Waals surface area contributed by atoms with Gasteiger partial charge < -0.3 is 24.0 Å². The molecule has 2 bridgehead atoms. The van der Waals surface area contributed by atoms with Crippen molar-refractivity contribution in [1.29, 1.82) is 0 Å². The molecule has 4 amide bonds. The number of benzene rings is 2. The highest BCUT2D eigenvalue weighted by Crippen LogP contribution is 2.42. The van der Waals surface area contributed by atoms with Crippen LogP contribution in [0.3, 0.4) is 0 Å². The van der Waals surface area contributed by atoms with Crippen molar-refractivity contribution in [2.75, 3.05) is 63.1 Å². The first kappa shape index (κ1) is 43.7. The lowest BCUT2D eigenvalue weighted by atomic mass is 9.71. The largest absolute Gasteiger partial charge is 0.477 e. The number of imide groups is 1. The molecule has 346 valence electrons. The number of nitrogens with one attached hydrogen (secondary N) is 2. The summed E-state index contributed by atoms with van der Waals surface area (Å²) in [7, 11) is 3.95. The van der Waals surface area contributed by atoms with Crippen LogP contribution in [0.2, 0.25) is 0 Å². The van der Waals surface area contributed by atoms with Gasteiger partial charge in [0.05, 0.1) is 35.1 Å². The maximum atomic E-state index is 13.9. The summed E-state index contributed by atoms with van der Waals surface area (Å²) in [5, 5.41) is 10.0. The van der Waals surface area contributed by atoms with E-state index >= 15 is 0 Å². The fraction of sp³-hybridized carbons (Fsp3) is 0.500. The molecule has 5 aromatic rings.